The van der Waals surface area contributed by atoms with Crippen LogP contribution in [-0.4, -0.2) is 60.1 Å². The maximum absolute atomic E-state index is 12.6. The summed E-state index contributed by atoms with van der Waals surface area (Å²) in [6.07, 6.45) is 2.49. The Bertz CT molecular complexity index is 771. The van der Waals surface area contributed by atoms with Gasteiger partial charge in [-0.1, -0.05) is 11.6 Å². The highest BCUT2D eigenvalue weighted by Crippen LogP contribution is 2.29. The number of fused-ring (bicyclic) bond motifs is 1. The average Bonchev–Trinajstić information content (AvgIpc) is 3.04. The molecule has 1 aliphatic rings. The molecule has 1 aliphatic heterocycles. The largest absolute Gasteiger partial charge is 0.464 e. The quantitative estimate of drug-likeness (QED) is 0.920. The molecular weight excluding hydrogens is 328 g/mol. The molecular formula is C18H23ClN2O3. The molecule has 130 valence electrons. The molecule has 0 saturated carbocycles. The fourth-order valence-corrected chi connectivity index (χ4v) is 3.56. The second kappa shape index (κ2) is 6.39. The fraction of sp³-hybridized carbons (Fsp3) is 0.500. The molecule has 24 heavy (non-hydrogen) atoms. The van der Waals surface area contributed by atoms with Crippen molar-refractivity contribution >= 4 is 28.5 Å². The van der Waals surface area contributed by atoms with Gasteiger partial charge in [0.15, 0.2) is 0 Å². The number of β-amino-alcohol motifs (C(OH)–C–C–N with tert-alkyl or cyclic N) is 1. The summed E-state index contributed by atoms with van der Waals surface area (Å²) in [6, 6.07) is 3.74. The van der Waals surface area contributed by atoms with Crippen molar-refractivity contribution in [2.24, 2.45) is 0 Å². The Morgan fingerprint density at radius 1 is 1.46 bits per heavy atom. The zero-order valence-corrected chi connectivity index (χ0v) is 15.1. The molecule has 1 atom stereocenters. The normalized spacial score (nSPS) is 21.2. The minimum atomic E-state index is -0.821. The van der Waals surface area contributed by atoms with Gasteiger partial charge in [-0.15, -0.1) is 0 Å². The summed E-state index contributed by atoms with van der Waals surface area (Å²) in [7, 11) is 3.84. The van der Waals surface area contributed by atoms with E-state index in [1.54, 1.807) is 11.2 Å². The number of nitrogens with zero attached hydrogens (tertiary/aromatic N) is 2. The summed E-state index contributed by atoms with van der Waals surface area (Å²) in [5.41, 5.74) is 1.70. The van der Waals surface area contributed by atoms with Gasteiger partial charge < -0.3 is 19.3 Å². The summed E-state index contributed by atoms with van der Waals surface area (Å²) in [4.78, 5) is 16.3. The third-order valence-corrected chi connectivity index (χ3v) is 4.98. The average molecular weight is 351 g/mol. The van der Waals surface area contributed by atoms with Gasteiger partial charge in [0.25, 0.3) is 0 Å². The molecule has 5 nitrogen and oxygen atoms in total. The smallest absolute Gasteiger partial charge is 0.227 e. The van der Waals surface area contributed by atoms with Crippen molar-refractivity contribution in [3.05, 3.63) is 34.5 Å². The van der Waals surface area contributed by atoms with E-state index in [9.17, 15) is 9.90 Å². The molecule has 3 rings (SSSR count). The first-order chi connectivity index (χ1) is 11.3. The summed E-state index contributed by atoms with van der Waals surface area (Å²) in [5.74, 6) is 0.00378. The minimum Gasteiger partial charge on any atom is -0.464 e. The van der Waals surface area contributed by atoms with E-state index in [1.807, 2.05) is 38.1 Å². The van der Waals surface area contributed by atoms with Gasteiger partial charge in [0.05, 0.1) is 24.8 Å². The number of benzene rings is 1. The highest BCUT2D eigenvalue weighted by atomic mass is 35.5. The van der Waals surface area contributed by atoms with Crippen LogP contribution in [0.25, 0.3) is 11.0 Å². The van der Waals surface area contributed by atoms with Gasteiger partial charge in [-0.25, -0.2) is 0 Å². The highest BCUT2D eigenvalue weighted by molar-refractivity contribution is 6.32. The lowest BCUT2D eigenvalue weighted by atomic mass is 10.0. The first kappa shape index (κ1) is 17.3. The van der Waals surface area contributed by atoms with Gasteiger partial charge in [-0.3, -0.25) is 4.79 Å². The summed E-state index contributed by atoms with van der Waals surface area (Å²) in [6.45, 7) is 3.43. The molecule has 1 saturated heterocycles. The summed E-state index contributed by atoms with van der Waals surface area (Å²) in [5, 5.41) is 12.1. The predicted molar refractivity (Wildman–Crippen MR) is 94.4 cm³/mol. The van der Waals surface area contributed by atoms with Crippen molar-refractivity contribution in [3.8, 4) is 0 Å². The van der Waals surface area contributed by atoms with Crippen molar-refractivity contribution in [2.75, 3.05) is 33.7 Å². The van der Waals surface area contributed by atoms with Crippen molar-refractivity contribution in [2.45, 2.75) is 25.4 Å². The number of aliphatic hydroxyl groups is 1. The van der Waals surface area contributed by atoms with Crippen LogP contribution in [0.1, 0.15) is 17.5 Å². The Labute approximate surface area is 146 Å². The Kier molecular flexibility index (Phi) is 4.60. The third kappa shape index (κ3) is 3.43. The summed E-state index contributed by atoms with van der Waals surface area (Å²) >= 11 is 6.19. The van der Waals surface area contributed by atoms with Crippen molar-refractivity contribution in [1.82, 2.24) is 9.80 Å². The van der Waals surface area contributed by atoms with Gasteiger partial charge in [-0.05, 0) is 45.1 Å². The Balaban J connectivity index is 1.73. The monoisotopic (exact) mass is 350 g/mol. The molecule has 2 heterocycles. The molecule has 0 bridgehead atoms. The second-order valence-corrected chi connectivity index (χ2v) is 7.47. The number of aryl methyl sites for hydroxylation is 1. The van der Waals surface area contributed by atoms with E-state index in [1.165, 1.54) is 0 Å². The SMILES string of the molecule is Cc1cc2occ(CC(=O)N3CCC(O)(CN(C)C)C3)c2cc1Cl. The van der Waals surface area contributed by atoms with Crippen LogP contribution >= 0.6 is 11.6 Å². The first-order valence-electron chi connectivity index (χ1n) is 8.08. The molecule has 1 aromatic heterocycles. The molecule has 1 amide bonds. The molecule has 1 aromatic carbocycles. The van der Waals surface area contributed by atoms with E-state index in [0.29, 0.717) is 31.1 Å². The van der Waals surface area contributed by atoms with Crippen molar-refractivity contribution < 1.29 is 14.3 Å². The van der Waals surface area contributed by atoms with Crippen LogP contribution in [0.5, 0.6) is 0 Å². The van der Waals surface area contributed by atoms with E-state index in [0.717, 1.165) is 22.1 Å². The van der Waals surface area contributed by atoms with E-state index in [-0.39, 0.29) is 12.3 Å². The summed E-state index contributed by atoms with van der Waals surface area (Å²) < 4.78 is 5.56. The maximum Gasteiger partial charge on any atom is 0.227 e. The number of halogens is 1. The van der Waals surface area contributed by atoms with Gasteiger partial charge in [0.1, 0.15) is 5.58 Å². The number of rotatable bonds is 4. The van der Waals surface area contributed by atoms with E-state index in [2.05, 4.69) is 0 Å². The molecule has 0 radical (unpaired) electrons. The Morgan fingerprint density at radius 2 is 2.21 bits per heavy atom. The van der Waals surface area contributed by atoms with Gasteiger partial charge >= 0.3 is 0 Å². The number of likely N-dealkylation sites (N-methyl/N-ethyl adjacent to an activating group) is 1. The lowest BCUT2D eigenvalue weighted by Crippen LogP contribution is -2.43. The molecule has 6 heteroatoms. The van der Waals surface area contributed by atoms with Crippen molar-refractivity contribution in [1.29, 1.82) is 0 Å². The molecule has 1 unspecified atom stereocenters. The van der Waals surface area contributed by atoms with E-state index < -0.39 is 5.60 Å². The Morgan fingerprint density at radius 3 is 2.92 bits per heavy atom. The number of hydrogen-bond acceptors (Lipinski definition) is 4. The molecule has 1 N–H and O–H groups in total. The first-order valence-corrected chi connectivity index (χ1v) is 8.46. The van der Waals surface area contributed by atoms with Crippen LogP contribution in [0.2, 0.25) is 5.02 Å². The fourth-order valence-electron chi connectivity index (χ4n) is 3.40. The van der Waals surface area contributed by atoms with Gasteiger partial charge in [0, 0.05) is 29.1 Å². The van der Waals surface area contributed by atoms with Crippen LogP contribution < -0.4 is 0 Å². The number of likely N-dealkylation sites (tertiary alicyclic amines) is 1. The van der Waals surface area contributed by atoms with Crippen LogP contribution in [0.4, 0.5) is 0 Å². The number of hydrogen-bond donors (Lipinski definition) is 1. The molecule has 0 aliphatic carbocycles. The Hall–Kier alpha value is -1.56. The van der Waals surface area contributed by atoms with Crippen LogP contribution in [0.15, 0.2) is 22.8 Å². The zero-order chi connectivity index (χ0) is 17.5. The van der Waals surface area contributed by atoms with Crippen LogP contribution in [0.3, 0.4) is 0 Å². The third-order valence-electron chi connectivity index (χ3n) is 4.57. The van der Waals surface area contributed by atoms with Crippen LogP contribution in [0, 0.1) is 6.92 Å². The predicted octanol–water partition coefficient (Wildman–Crippen LogP) is 2.46. The maximum atomic E-state index is 12.6. The number of carbonyl (C=O) groups excluding carboxylic acids is 1. The topological polar surface area (TPSA) is 56.9 Å². The van der Waals surface area contributed by atoms with E-state index >= 15 is 0 Å². The number of amides is 1. The minimum absolute atomic E-state index is 0.00378. The number of carbonyl (C=O) groups is 1. The van der Waals surface area contributed by atoms with E-state index in [4.69, 9.17) is 16.0 Å². The van der Waals surface area contributed by atoms with Crippen LogP contribution in [-0.2, 0) is 11.2 Å². The highest BCUT2D eigenvalue weighted by Gasteiger charge is 2.38. The lowest BCUT2D eigenvalue weighted by molar-refractivity contribution is -0.130. The molecule has 1 fully saturated rings. The van der Waals surface area contributed by atoms with Gasteiger partial charge in [-0.2, -0.15) is 0 Å². The zero-order valence-electron chi connectivity index (χ0n) is 14.3. The molecule has 2 aromatic rings. The lowest BCUT2D eigenvalue weighted by Gasteiger charge is -2.26. The second-order valence-electron chi connectivity index (χ2n) is 7.06. The van der Waals surface area contributed by atoms with Crippen molar-refractivity contribution in [3.63, 3.8) is 0 Å². The standard InChI is InChI=1S/C18H23ClN2O3/c1-12-6-16-14(8-15(12)19)13(9-24-16)7-17(22)21-5-4-18(23,11-21)10-20(2)3/h6,8-9,23H,4-5,7,10-11H2,1-3H3. The van der Waals surface area contributed by atoms with Gasteiger partial charge in [0.2, 0.25) is 5.91 Å². The molecule has 0 spiro atoms. The number of furan rings is 1.